The molecule has 0 fully saturated rings. The van der Waals surface area contributed by atoms with Gasteiger partial charge in [0.2, 0.25) is 0 Å². The maximum Gasteiger partial charge on any atom is 0.317 e. The number of urea groups is 1. The summed E-state index contributed by atoms with van der Waals surface area (Å²) in [6.45, 7) is 1.64. The highest BCUT2D eigenvalue weighted by Crippen LogP contribution is 1.96. The molecule has 17 heavy (non-hydrogen) atoms. The molecular formula is C11H22N2O4. The van der Waals surface area contributed by atoms with E-state index in [0.717, 1.165) is 12.8 Å². The summed E-state index contributed by atoms with van der Waals surface area (Å²) in [6, 6.07) is -0.125. The molecule has 6 nitrogen and oxygen atoms in total. The third-order valence-corrected chi connectivity index (χ3v) is 2.29. The van der Waals surface area contributed by atoms with Gasteiger partial charge in [-0.05, 0) is 12.8 Å². The molecule has 0 rings (SSSR count). The van der Waals surface area contributed by atoms with Gasteiger partial charge in [-0.2, -0.15) is 0 Å². The number of esters is 1. The number of nitrogens with zero attached hydrogens (tertiary/aromatic N) is 1. The average molecular weight is 246 g/mol. The lowest BCUT2D eigenvalue weighted by Gasteiger charge is -2.17. The van der Waals surface area contributed by atoms with E-state index in [2.05, 4.69) is 10.1 Å². The molecule has 0 heterocycles. The Morgan fingerprint density at radius 1 is 1.24 bits per heavy atom. The van der Waals surface area contributed by atoms with Gasteiger partial charge in [0.25, 0.3) is 0 Å². The Morgan fingerprint density at radius 2 is 1.94 bits per heavy atom. The second kappa shape index (κ2) is 9.89. The fraction of sp³-hybridized carbons (Fsp3) is 0.818. The van der Waals surface area contributed by atoms with Gasteiger partial charge in [0.05, 0.1) is 13.7 Å². The maximum absolute atomic E-state index is 11.5. The van der Waals surface area contributed by atoms with Crippen molar-refractivity contribution in [3.63, 3.8) is 0 Å². The van der Waals surface area contributed by atoms with Crippen LogP contribution < -0.4 is 5.32 Å². The van der Waals surface area contributed by atoms with Gasteiger partial charge in [-0.25, -0.2) is 4.79 Å². The SMILES string of the molecule is COCCN(C)C(=O)NCCCCC(=O)OC. The third-order valence-electron chi connectivity index (χ3n) is 2.29. The minimum Gasteiger partial charge on any atom is -0.469 e. The highest BCUT2D eigenvalue weighted by Gasteiger charge is 2.06. The number of unbranched alkanes of at least 4 members (excludes halogenated alkanes) is 1. The van der Waals surface area contributed by atoms with Gasteiger partial charge in [0.1, 0.15) is 0 Å². The number of hydrogen-bond acceptors (Lipinski definition) is 4. The van der Waals surface area contributed by atoms with Crippen LogP contribution in [0.4, 0.5) is 4.79 Å². The third kappa shape index (κ3) is 8.50. The molecule has 100 valence electrons. The molecule has 0 saturated heterocycles. The van der Waals surface area contributed by atoms with E-state index in [-0.39, 0.29) is 12.0 Å². The Labute approximate surface area is 102 Å². The van der Waals surface area contributed by atoms with Crippen LogP contribution in [-0.2, 0) is 14.3 Å². The predicted octanol–water partition coefficient (Wildman–Crippen LogP) is 0.617. The molecule has 0 aliphatic heterocycles. The van der Waals surface area contributed by atoms with Crippen LogP contribution in [0.2, 0.25) is 0 Å². The molecule has 0 aliphatic rings. The summed E-state index contributed by atoms with van der Waals surface area (Å²) in [4.78, 5) is 23.8. The molecule has 0 atom stereocenters. The number of likely N-dealkylation sites (N-methyl/N-ethyl adjacent to an activating group) is 1. The first-order valence-corrected chi connectivity index (χ1v) is 5.66. The van der Waals surface area contributed by atoms with E-state index in [9.17, 15) is 9.59 Å². The molecule has 1 N–H and O–H groups in total. The molecule has 0 unspecified atom stereocenters. The number of amides is 2. The summed E-state index contributed by atoms with van der Waals surface area (Å²) in [5, 5.41) is 2.76. The molecule has 2 amide bonds. The zero-order valence-corrected chi connectivity index (χ0v) is 10.8. The number of methoxy groups -OCH3 is 2. The number of hydrogen-bond donors (Lipinski definition) is 1. The first-order chi connectivity index (χ1) is 8.11. The smallest absolute Gasteiger partial charge is 0.317 e. The van der Waals surface area contributed by atoms with Crippen molar-refractivity contribution in [1.29, 1.82) is 0 Å². The maximum atomic E-state index is 11.5. The van der Waals surface area contributed by atoms with Crippen molar-refractivity contribution in [1.82, 2.24) is 10.2 Å². The molecule has 0 radical (unpaired) electrons. The van der Waals surface area contributed by atoms with Gasteiger partial charge in [-0.3, -0.25) is 4.79 Å². The minimum atomic E-state index is -0.214. The first kappa shape index (κ1) is 15.7. The Bertz CT molecular complexity index is 234. The van der Waals surface area contributed by atoms with Gasteiger partial charge in [-0.1, -0.05) is 0 Å². The Morgan fingerprint density at radius 3 is 2.53 bits per heavy atom. The monoisotopic (exact) mass is 246 g/mol. The first-order valence-electron chi connectivity index (χ1n) is 5.66. The zero-order chi connectivity index (χ0) is 13.1. The molecule has 6 heteroatoms. The van der Waals surface area contributed by atoms with Crippen LogP contribution in [0.25, 0.3) is 0 Å². The number of carbonyl (C=O) groups is 2. The van der Waals surface area contributed by atoms with Gasteiger partial charge >= 0.3 is 12.0 Å². The summed E-state index contributed by atoms with van der Waals surface area (Å²) in [5.41, 5.74) is 0. The van der Waals surface area contributed by atoms with Gasteiger partial charge < -0.3 is 19.7 Å². The van der Waals surface area contributed by atoms with Crippen LogP contribution in [0.5, 0.6) is 0 Å². The van der Waals surface area contributed by atoms with E-state index in [1.54, 1.807) is 19.1 Å². The lowest BCUT2D eigenvalue weighted by Crippen LogP contribution is -2.39. The summed E-state index contributed by atoms with van der Waals surface area (Å²) < 4.78 is 9.38. The summed E-state index contributed by atoms with van der Waals surface area (Å²) in [7, 11) is 4.68. The van der Waals surface area contributed by atoms with Crippen molar-refractivity contribution in [3.05, 3.63) is 0 Å². The summed E-state index contributed by atoms with van der Waals surface area (Å²) in [6.07, 6.45) is 1.87. The fourth-order valence-corrected chi connectivity index (χ4v) is 1.16. The largest absolute Gasteiger partial charge is 0.469 e. The van der Waals surface area contributed by atoms with E-state index in [4.69, 9.17) is 4.74 Å². The Balaban J connectivity index is 3.47. The second-order valence-corrected chi connectivity index (χ2v) is 3.68. The van der Waals surface area contributed by atoms with Crippen LogP contribution in [-0.4, -0.2) is 57.9 Å². The molecule has 0 aromatic heterocycles. The van der Waals surface area contributed by atoms with Crippen LogP contribution in [0, 0.1) is 0 Å². The van der Waals surface area contributed by atoms with E-state index < -0.39 is 0 Å². The fourth-order valence-electron chi connectivity index (χ4n) is 1.16. The molecule has 0 spiro atoms. The lowest BCUT2D eigenvalue weighted by molar-refractivity contribution is -0.140. The number of nitrogens with one attached hydrogen (secondary N) is 1. The van der Waals surface area contributed by atoms with E-state index >= 15 is 0 Å². The number of rotatable bonds is 8. The molecule has 0 aromatic carbocycles. The predicted molar refractivity (Wildman–Crippen MR) is 63.8 cm³/mol. The normalized spacial score (nSPS) is 9.82. The van der Waals surface area contributed by atoms with Crippen LogP contribution in [0.15, 0.2) is 0 Å². The van der Waals surface area contributed by atoms with E-state index in [1.165, 1.54) is 7.11 Å². The van der Waals surface area contributed by atoms with E-state index in [0.29, 0.717) is 26.1 Å². The van der Waals surface area contributed by atoms with Crippen molar-refractivity contribution in [2.75, 3.05) is 41.0 Å². The van der Waals surface area contributed by atoms with E-state index in [1.807, 2.05) is 0 Å². The lowest BCUT2D eigenvalue weighted by atomic mass is 10.2. The second-order valence-electron chi connectivity index (χ2n) is 3.68. The molecule has 0 aromatic rings. The van der Waals surface area contributed by atoms with Crippen LogP contribution in [0.1, 0.15) is 19.3 Å². The average Bonchev–Trinajstić information content (AvgIpc) is 2.34. The number of carbonyl (C=O) groups excluding carboxylic acids is 2. The molecule has 0 aliphatic carbocycles. The Hall–Kier alpha value is -1.30. The highest BCUT2D eigenvalue weighted by atomic mass is 16.5. The van der Waals surface area contributed by atoms with Crippen LogP contribution in [0.3, 0.4) is 0 Å². The standard InChI is InChI=1S/C11H22N2O4/c1-13(8-9-16-2)11(15)12-7-5-4-6-10(14)17-3/h4-9H2,1-3H3,(H,12,15). The zero-order valence-electron chi connectivity index (χ0n) is 10.8. The minimum absolute atomic E-state index is 0.125. The van der Waals surface area contributed by atoms with Gasteiger partial charge in [0, 0.05) is 33.7 Å². The summed E-state index contributed by atoms with van der Waals surface area (Å²) in [5.74, 6) is -0.214. The van der Waals surface area contributed by atoms with Crippen molar-refractivity contribution in [2.45, 2.75) is 19.3 Å². The van der Waals surface area contributed by atoms with Gasteiger partial charge in [0.15, 0.2) is 0 Å². The van der Waals surface area contributed by atoms with Crippen molar-refractivity contribution in [3.8, 4) is 0 Å². The van der Waals surface area contributed by atoms with Crippen LogP contribution >= 0.6 is 0 Å². The number of ether oxygens (including phenoxy) is 2. The van der Waals surface area contributed by atoms with Crippen molar-refractivity contribution in [2.24, 2.45) is 0 Å². The highest BCUT2D eigenvalue weighted by molar-refractivity contribution is 5.73. The quantitative estimate of drug-likeness (QED) is 0.503. The molecular weight excluding hydrogens is 224 g/mol. The van der Waals surface area contributed by atoms with Crippen molar-refractivity contribution >= 4 is 12.0 Å². The Kier molecular flexibility index (Phi) is 9.14. The topological polar surface area (TPSA) is 67.9 Å². The molecule has 0 bridgehead atoms. The van der Waals surface area contributed by atoms with Crippen molar-refractivity contribution < 1.29 is 19.1 Å². The summed E-state index contributed by atoms with van der Waals surface area (Å²) >= 11 is 0. The molecule has 0 saturated carbocycles. The van der Waals surface area contributed by atoms with Gasteiger partial charge in [-0.15, -0.1) is 0 Å².